The van der Waals surface area contributed by atoms with E-state index in [9.17, 15) is 9.59 Å². The van der Waals surface area contributed by atoms with Crippen LogP contribution in [0.5, 0.6) is 0 Å². The Kier molecular flexibility index (Phi) is 4.10. The third-order valence-corrected chi connectivity index (χ3v) is 3.02. The lowest BCUT2D eigenvalue weighted by Crippen LogP contribution is -2.28. The first-order chi connectivity index (χ1) is 11.2. The summed E-state index contributed by atoms with van der Waals surface area (Å²) in [7, 11) is 0. The lowest BCUT2D eigenvalue weighted by Gasteiger charge is -2.19. The predicted octanol–water partition coefficient (Wildman–Crippen LogP) is 1.48. The van der Waals surface area contributed by atoms with Crippen LogP contribution in [0.4, 0.5) is 11.5 Å². The summed E-state index contributed by atoms with van der Waals surface area (Å²) < 4.78 is 0. The molecule has 114 valence electrons. The number of benzene rings is 1. The summed E-state index contributed by atoms with van der Waals surface area (Å²) >= 11 is 0. The molecule has 1 aromatic heterocycles. The van der Waals surface area contributed by atoms with Gasteiger partial charge in [0.25, 0.3) is 11.8 Å². The minimum atomic E-state index is -0.512. The van der Waals surface area contributed by atoms with Gasteiger partial charge < -0.3 is 10.6 Å². The molecule has 1 aliphatic rings. The van der Waals surface area contributed by atoms with E-state index in [1.807, 2.05) is 30.3 Å². The Balaban J connectivity index is 1.66. The SMILES string of the molecule is O=C(/C=C1/Nc2cccnc2NC1=O)N/N=C/c1ccccc1. The fraction of sp³-hybridized carbons (Fsp3) is 0. The third kappa shape index (κ3) is 3.59. The van der Waals surface area contributed by atoms with E-state index in [1.165, 1.54) is 6.21 Å². The minimum Gasteiger partial charge on any atom is -0.348 e. The van der Waals surface area contributed by atoms with Crippen molar-refractivity contribution in [1.82, 2.24) is 10.4 Å². The van der Waals surface area contributed by atoms with Crippen molar-refractivity contribution in [3.8, 4) is 0 Å². The summed E-state index contributed by atoms with van der Waals surface area (Å²) in [4.78, 5) is 27.7. The maximum Gasteiger partial charge on any atom is 0.273 e. The maximum atomic E-state index is 11.9. The Morgan fingerprint density at radius 1 is 1.13 bits per heavy atom. The molecule has 0 saturated heterocycles. The summed E-state index contributed by atoms with van der Waals surface area (Å²) in [5, 5.41) is 9.29. The number of nitrogens with zero attached hydrogens (tertiary/aromatic N) is 2. The Hall–Kier alpha value is -3.48. The van der Waals surface area contributed by atoms with Gasteiger partial charge in [-0.1, -0.05) is 30.3 Å². The van der Waals surface area contributed by atoms with Gasteiger partial charge in [0.05, 0.1) is 11.9 Å². The van der Waals surface area contributed by atoms with Crippen LogP contribution in [0.25, 0.3) is 0 Å². The van der Waals surface area contributed by atoms with Gasteiger partial charge in [-0.15, -0.1) is 0 Å². The average molecular weight is 307 g/mol. The molecule has 7 nitrogen and oxygen atoms in total. The van der Waals surface area contributed by atoms with Gasteiger partial charge in [0.1, 0.15) is 5.70 Å². The number of carbonyl (C=O) groups excluding carboxylic acids is 2. The van der Waals surface area contributed by atoms with Crippen molar-refractivity contribution < 1.29 is 9.59 Å². The Morgan fingerprint density at radius 3 is 2.78 bits per heavy atom. The zero-order chi connectivity index (χ0) is 16.1. The minimum absolute atomic E-state index is 0.123. The van der Waals surface area contributed by atoms with Gasteiger partial charge in [0.15, 0.2) is 5.82 Å². The predicted molar refractivity (Wildman–Crippen MR) is 86.8 cm³/mol. The highest BCUT2D eigenvalue weighted by molar-refractivity contribution is 6.13. The van der Waals surface area contributed by atoms with Crippen molar-refractivity contribution in [1.29, 1.82) is 0 Å². The van der Waals surface area contributed by atoms with Crippen molar-refractivity contribution >= 4 is 29.5 Å². The summed E-state index contributed by atoms with van der Waals surface area (Å²) in [6.45, 7) is 0. The molecule has 0 saturated carbocycles. The van der Waals surface area contributed by atoms with Crippen LogP contribution in [-0.2, 0) is 9.59 Å². The van der Waals surface area contributed by atoms with E-state index in [2.05, 4.69) is 26.1 Å². The van der Waals surface area contributed by atoms with E-state index in [0.717, 1.165) is 11.6 Å². The van der Waals surface area contributed by atoms with Gasteiger partial charge in [-0.05, 0) is 17.7 Å². The summed E-state index contributed by atoms with van der Waals surface area (Å²) in [5.41, 5.74) is 3.94. The summed E-state index contributed by atoms with van der Waals surface area (Å²) in [6.07, 6.45) is 4.23. The number of carbonyl (C=O) groups is 2. The van der Waals surface area contributed by atoms with Crippen LogP contribution in [0.1, 0.15) is 5.56 Å². The number of pyridine rings is 1. The number of rotatable bonds is 3. The van der Waals surface area contributed by atoms with E-state index < -0.39 is 11.8 Å². The molecule has 23 heavy (non-hydrogen) atoms. The molecule has 0 radical (unpaired) electrons. The molecule has 0 bridgehead atoms. The molecule has 0 unspecified atom stereocenters. The number of fused-ring (bicyclic) bond motifs is 1. The van der Waals surface area contributed by atoms with Crippen LogP contribution in [0.2, 0.25) is 0 Å². The van der Waals surface area contributed by atoms with Gasteiger partial charge in [-0.2, -0.15) is 5.10 Å². The number of amides is 2. The molecule has 0 atom stereocenters. The molecule has 2 amide bonds. The second-order valence-corrected chi connectivity index (χ2v) is 4.68. The molecular formula is C16H13N5O2. The zero-order valence-corrected chi connectivity index (χ0v) is 12.0. The van der Waals surface area contributed by atoms with Gasteiger partial charge in [0.2, 0.25) is 0 Å². The number of hydrogen-bond acceptors (Lipinski definition) is 5. The average Bonchev–Trinajstić information content (AvgIpc) is 2.56. The standard InChI is InChI=1S/C16H13N5O2/c22-14(21-18-10-11-5-2-1-3-6-11)9-13-16(23)20-15-12(19-13)7-4-8-17-15/h1-10,19H,(H,21,22)(H,17,20,23)/b13-9+,18-10+. The Labute approximate surface area is 132 Å². The number of anilines is 2. The van der Waals surface area contributed by atoms with Crippen molar-refractivity contribution in [3.05, 3.63) is 66.0 Å². The molecule has 7 heteroatoms. The van der Waals surface area contributed by atoms with Gasteiger partial charge in [-0.25, -0.2) is 10.4 Å². The van der Waals surface area contributed by atoms with E-state index in [0.29, 0.717) is 11.5 Å². The third-order valence-electron chi connectivity index (χ3n) is 3.02. The monoisotopic (exact) mass is 307 g/mol. The van der Waals surface area contributed by atoms with Crippen LogP contribution < -0.4 is 16.1 Å². The van der Waals surface area contributed by atoms with E-state index in [4.69, 9.17) is 0 Å². The number of aromatic nitrogens is 1. The summed E-state index contributed by atoms with van der Waals surface area (Å²) in [6, 6.07) is 12.8. The van der Waals surface area contributed by atoms with Crippen molar-refractivity contribution in [2.75, 3.05) is 10.6 Å². The molecule has 1 aromatic carbocycles. The molecule has 2 aromatic rings. The largest absolute Gasteiger partial charge is 0.348 e. The van der Waals surface area contributed by atoms with E-state index >= 15 is 0 Å². The van der Waals surface area contributed by atoms with Crippen molar-refractivity contribution in [2.24, 2.45) is 5.10 Å². The molecule has 0 aliphatic carbocycles. The highest BCUT2D eigenvalue weighted by Gasteiger charge is 2.20. The topological polar surface area (TPSA) is 95.5 Å². The quantitative estimate of drug-likeness (QED) is 0.455. The molecule has 1 aliphatic heterocycles. The highest BCUT2D eigenvalue weighted by Crippen LogP contribution is 2.24. The fourth-order valence-electron chi connectivity index (χ4n) is 1.96. The maximum absolute atomic E-state index is 11.9. The number of nitrogens with one attached hydrogen (secondary N) is 3. The first-order valence-corrected chi connectivity index (χ1v) is 6.85. The van der Waals surface area contributed by atoms with Crippen LogP contribution >= 0.6 is 0 Å². The van der Waals surface area contributed by atoms with Crippen molar-refractivity contribution in [2.45, 2.75) is 0 Å². The van der Waals surface area contributed by atoms with Crippen LogP contribution in [0, 0.1) is 0 Å². The second kappa shape index (κ2) is 6.52. The zero-order valence-electron chi connectivity index (χ0n) is 12.0. The first-order valence-electron chi connectivity index (χ1n) is 6.85. The van der Waals surface area contributed by atoms with Gasteiger partial charge in [-0.3, -0.25) is 9.59 Å². The Bertz CT molecular complexity index is 799. The lowest BCUT2D eigenvalue weighted by molar-refractivity contribution is -0.117. The van der Waals surface area contributed by atoms with Gasteiger partial charge in [0, 0.05) is 12.3 Å². The van der Waals surface area contributed by atoms with Crippen LogP contribution in [0.3, 0.4) is 0 Å². The lowest BCUT2D eigenvalue weighted by atomic mass is 10.2. The van der Waals surface area contributed by atoms with E-state index in [1.54, 1.807) is 18.3 Å². The number of hydrogen-bond donors (Lipinski definition) is 3. The molecule has 3 N–H and O–H groups in total. The fourth-order valence-corrected chi connectivity index (χ4v) is 1.96. The summed E-state index contributed by atoms with van der Waals surface area (Å²) in [5.74, 6) is -0.516. The van der Waals surface area contributed by atoms with Crippen LogP contribution in [0.15, 0.2) is 65.5 Å². The van der Waals surface area contributed by atoms with Crippen LogP contribution in [-0.4, -0.2) is 23.0 Å². The smallest absolute Gasteiger partial charge is 0.273 e. The highest BCUT2D eigenvalue weighted by atomic mass is 16.2. The molecule has 0 fully saturated rings. The molecule has 2 heterocycles. The van der Waals surface area contributed by atoms with Crippen molar-refractivity contribution in [3.63, 3.8) is 0 Å². The van der Waals surface area contributed by atoms with E-state index in [-0.39, 0.29) is 5.70 Å². The molecule has 0 spiro atoms. The Morgan fingerprint density at radius 2 is 1.96 bits per heavy atom. The van der Waals surface area contributed by atoms with Gasteiger partial charge >= 0.3 is 0 Å². The number of hydrazone groups is 1. The normalized spacial score (nSPS) is 15.0. The molecular weight excluding hydrogens is 294 g/mol. The molecule has 3 rings (SSSR count). The first kappa shape index (κ1) is 14.5. The second-order valence-electron chi connectivity index (χ2n) is 4.68.